The van der Waals surface area contributed by atoms with Crippen LogP contribution in [0.25, 0.3) is 0 Å². The van der Waals surface area contributed by atoms with Gasteiger partial charge in [0.2, 0.25) is 0 Å². The van der Waals surface area contributed by atoms with Gasteiger partial charge in [-0.1, -0.05) is 0 Å². The molecule has 0 spiro atoms. The number of rotatable bonds is 1. The maximum absolute atomic E-state index is 11.0. The highest BCUT2D eigenvalue weighted by molar-refractivity contribution is 6.18. The van der Waals surface area contributed by atoms with Crippen molar-refractivity contribution < 1.29 is 14.7 Å². The molecule has 2 amide bonds. The average molecular weight is 171 g/mol. The van der Waals surface area contributed by atoms with Crippen LogP contribution < -0.4 is 11.2 Å². The Morgan fingerprint density at radius 2 is 2.33 bits per heavy atom. The van der Waals surface area contributed by atoms with Gasteiger partial charge in [-0.25, -0.2) is 5.01 Å². The van der Waals surface area contributed by atoms with Crippen molar-refractivity contribution >= 4 is 11.8 Å². The summed E-state index contributed by atoms with van der Waals surface area (Å²) >= 11 is 0. The molecule has 66 valence electrons. The van der Waals surface area contributed by atoms with Crippen molar-refractivity contribution in [2.24, 2.45) is 5.73 Å². The molecule has 0 fully saturated rings. The van der Waals surface area contributed by atoms with Crippen molar-refractivity contribution in [3.63, 3.8) is 0 Å². The second-order valence-electron chi connectivity index (χ2n) is 2.48. The van der Waals surface area contributed by atoms with Crippen LogP contribution in [0.3, 0.4) is 0 Å². The van der Waals surface area contributed by atoms with Crippen LogP contribution in [-0.2, 0) is 9.59 Å². The zero-order valence-electron chi connectivity index (χ0n) is 6.50. The molecular formula is C6H9N3O3. The molecule has 6 heteroatoms. The van der Waals surface area contributed by atoms with Crippen LogP contribution in [0.2, 0.25) is 0 Å². The summed E-state index contributed by atoms with van der Waals surface area (Å²) in [7, 11) is 1.56. The van der Waals surface area contributed by atoms with E-state index in [-0.39, 0.29) is 17.9 Å². The van der Waals surface area contributed by atoms with Crippen molar-refractivity contribution in [2.45, 2.75) is 0 Å². The first-order valence-corrected chi connectivity index (χ1v) is 3.26. The Bertz CT molecular complexity index is 271. The van der Waals surface area contributed by atoms with Crippen LogP contribution in [0.5, 0.6) is 0 Å². The molecular weight excluding hydrogens is 162 g/mol. The number of aliphatic hydroxyl groups excluding tert-OH is 1. The molecule has 1 aliphatic rings. The molecule has 6 nitrogen and oxygen atoms in total. The molecule has 1 aliphatic heterocycles. The number of nitrogens with two attached hydrogens (primary N) is 1. The topological polar surface area (TPSA) is 95.7 Å². The van der Waals surface area contributed by atoms with Crippen molar-refractivity contribution in [2.75, 3.05) is 13.6 Å². The first-order chi connectivity index (χ1) is 5.52. The summed E-state index contributed by atoms with van der Waals surface area (Å²) in [6.07, 6.45) is 0. The molecule has 0 aliphatic carbocycles. The van der Waals surface area contributed by atoms with Crippen LogP contribution in [0.4, 0.5) is 0 Å². The number of likely N-dealkylation sites (N-methyl/N-ethyl adjacent to an activating group) is 1. The molecule has 1 rings (SSSR count). The molecule has 0 atom stereocenters. The van der Waals surface area contributed by atoms with E-state index >= 15 is 0 Å². The molecule has 4 N–H and O–H groups in total. The molecule has 0 bridgehead atoms. The van der Waals surface area contributed by atoms with Crippen LogP contribution in [0, 0.1) is 0 Å². The van der Waals surface area contributed by atoms with Gasteiger partial charge in [-0.2, -0.15) is 0 Å². The Morgan fingerprint density at radius 1 is 1.75 bits per heavy atom. The minimum Gasteiger partial charge on any atom is -0.510 e. The lowest BCUT2D eigenvalue weighted by molar-refractivity contribution is -0.126. The fourth-order valence-corrected chi connectivity index (χ4v) is 0.958. The number of hydrogen-bond acceptors (Lipinski definition) is 4. The fourth-order valence-electron chi connectivity index (χ4n) is 0.958. The van der Waals surface area contributed by atoms with E-state index in [1.165, 1.54) is 5.01 Å². The van der Waals surface area contributed by atoms with Gasteiger partial charge in [0.05, 0.1) is 6.54 Å². The fraction of sp³-hybridized carbons (Fsp3) is 0.333. The monoisotopic (exact) mass is 171 g/mol. The van der Waals surface area contributed by atoms with E-state index in [1.807, 2.05) is 0 Å². The highest BCUT2D eigenvalue weighted by Gasteiger charge is 2.26. The van der Waals surface area contributed by atoms with Gasteiger partial charge in [0.25, 0.3) is 11.8 Å². The lowest BCUT2D eigenvalue weighted by atomic mass is 10.1. The Hall–Kier alpha value is -1.56. The standard InChI is InChI=1S/C6H9N3O3/c1-9-2-3(10)4(5(7)11)6(12)8-9/h10H,2H2,1H3,(H2,7,11)(H,8,12). The zero-order valence-corrected chi connectivity index (χ0v) is 6.50. The SMILES string of the molecule is CN1CC(O)=C(C(N)=O)C(=O)N1. The van der Waals surface area contributed by atoms with E-state index in [0.29, 0.717) is 0 Å². The van der Waals surface area contributed by atoms with Gasteiger partial charge in [0, 0.05) is 7.05 Å². The molecule has 1 heterocycles. The van der Waals surface area contributed by atoms with Gasteiger partial charge in [0.15, 0.2) is 0 Å². The van der Waals surface area contributed by atoms with Gasteiger partial charge in [-0.3, -0.25) is 15.0 Å². The number of hydrazine groups is 1. The van der Waals surface area contributed by atoms with E-state index in [0.717, 1.165) is 0 Å². The molecule has 0 aromatic rings. The van der Waals surface area contributed by atoms with Crippen molar-refractivity contribution in [3.8, 4) is 0 Å². The largest absolute Gasteiger partial charge is 0.510 e. The third-order valence-corrected chi connectivity index (χ3v) is 1.44. The first kappa shape index (κ1) is 8.54. The highest BCUT2D eigenvalue weighted by Crippen LogP contribution is 2.07. The van der Waals surface area contributed by atoms with Gasteiger partial charge in [0.1, 0.15) is 11.3 Å². The smallest absolute Gasteiger partial charge is 0.274 e. The van der Waals surface area contributed by atoms with Crippen molar-refractivity contribution in [1.82, 2.24) is 10.4 Å². The van der Waals surface area contributed by atoms with Crippen molar-refractivity contribution in [3.05, 3.63) is 11.3 Å². The number of nitrogens with one attached hydrogen (secondary N) is 1. The number of nitrogens with zero attached hydrogens (tertiary/aromatic N) is 1. The Balaban J connectivity index is 3.01. The summed E-state index contributed by atoms with van der Waals surface area (Å²) in [5.41, 5.74) is 6.81. The summed E-state index contributed by atoms with van der Waals surface area (Å²) < 4.78 is 0. The molecule has 0 aromatic heterocycles. The minimum absolute atomic E-state index is 0.0873. The summed E-state index contributed by atoms with van der Waals surface area (Å²) in [4.78, 5) is 21.6. The third-order valence-electron chi connectivity index (χ3n) is 1.44. The predicted octanol–water partition coefficient (Wildman–Crippen LogP) is -1.74. The van der Waals surface area contributed by atoms with Gasteiger partial charge < -0.3 is 10.8 Å². The quantitative estimate of drug-likeness (QED) is 0.408. The molecule has 0 saturated heterocycles. The normalized spacial score (nSPS) is 19.2. The minimum atomic E-state index is -0.918. The Kier molecular flexibility index (Phi) is 2.01. The van der Waals surface area contributed by atoms with Gasteiger partial charge >= 0.3 is 0 Å². The number of carbonyl (C=O) groups is 2. The predicted molar refractivity (Wildman–Crippen MR) is 39.6 cm³/mol. The van der Waals surface area contributed by atoms with E-state index in [1.54, 1.807) is 7.05 Å². The molecule has 0 radical (unpaired) electrons. The third kappa shape index (κ3) is 1.37. The van der Waals surface area contributed by atoms with Gasteiger partial charge in [-0.05, 0) is 0 Å². The zero-order chi connectivity index (χ0) is 9.30. The van der Waals surface area contributed by atoms with Crippen LogP contribution in [0.1, 0.15) is 0 Å². The number of primary amides is 1. The molecule has 0 aromatic carbocycles. The lowest BCUT2D eigenvalue weighted by Gasteiger charge is -2.23. The number of carbonyl (C=O) groups excluding carboxylic acids is 2. The second kappa shape index (κ2) is 2.82. The summed E-state index contributed by atoms with van der Waals surface area (Å²) in [5, 5.41) is 10.5. The van der Waals surface area contributed by atoms with Crippen LogP contribution >= 0.6 is 0 Å². The average Bonchev–Trinajstić information content (AvgIpc) is 1.82. The number of aliphatic hydroxyl groups is 1. The highest BCUT2D eigenvalue weighted by atomic mass is 16.3. The number of amides is 2. The first-order valence-electron chi connectivity index (χ1n) is 3.26. The Labute approximate surface area is 68.6 Å². The summed E-state index contributed by atoms with van der Waals surface area (Å²) in [6, 6.07) is 0. The second-order valence-corrected chi connectivity index (χ2v) is 2.48. The van der Waals surface area contributed by atoms with E-state index < -0.39 is 11.8 Å². The molecule has 0 saturated carbocycles. The van der Waals surface area contributed by atoms with E-state index in [4.69, 9.17) is 10.8 Å². The Morgan fingerprint density at radius 3 is 2.75 bits per heavy atom. The van der Waals surface area contributed by atoms with E-state index in [9.17, 15) is 9.59 Å². The lowest BCUT2D eigenvalue weighted by Crippen LogP contribution is -2.48. The summed E-state index contributed by atoms with van der Waals surface area (Å²) in [5.74, 6) is -1.89. The van der Waals surface area contributed by atoms with Gasteiger partial charge in [-0.15, -0.1) is 0 Å². The molecule has 12 heavy (non-hydrogen) atoms. The van der Waals surface area contributed by atoms with Crippen LogP contribution in [0.15, 0.2) is 11.3 Å². The van der Waals surface area contributed by atoms with Crippen molar-refractivity contribution in [1.29, 1.82) is 0 Å². The maximum Gasteiger partial charge on any atom is 0.274 e. The summed E-state index contributed by atoms with van der Waals surface area (Å²) in [6.45, 7) is 0.0873. The maximum atomic E-state index is 11.0. The van der Waals surface area contributed by atoms with Crippen LogP contribution in [-0.4, -0.2) is 35.5 Å². The molecule has 0 unspecified atom stereocenters. The number of hydrogen-bond donors (Lipinski definition) is 3. The van der Waals surface area contributed by atoms with E-state index in [2.05, 4.69) is 5.43 Å².